The van der Waals surface area contributed by atoms with E-state index in [9.17, 15) is 4.79 Å². The van der Waals surface area contributed by atoms with Gasteiger partial charge in [0, 0.05) is 18.0 Å². The first-order valence-electron chi connectivity index (χ1n) is 9.08. The Bertz CT molecular complexity index is 1310. The highest BCUT2D eigenvalue weighted by atomic mass is 35.5. The van der Waals surface area contributed by atoms with Gasteiger partial charge in [0.25, 0.3) is 5.56 Å². The Morgan fingerprint density at radius 3 is 3.00 bits per heavy atom. The standard InChI is InChI=1S/C19H15ClN6O2/c1-25-7-21-18-16(25)19(27)26(8-22-18)6-13-23-17(24-28-13)15-11-5-10-9(14(11)15)3-2-4-12(10)20/h2-4,7-8,11,14-15H,5-6H2,1H3/t11-,14+,15-/m1/s1. The maximum Gasteiger partial charge on any atom is 0.280 e. The van der Waals surface area contributed by atoms with E-state index in [1.807, 2.05) is 12.1 Å². The predicted molar refractivity (Wildman–Crippen MR) is 100 cm³/mol. The number of hydrogen-bond acceptors (Lipinski definition) is 6. The van der Waals surface area contributed by atoms with Gasteiger partial charge in [-0.05, 0) is 35.4 Å². The molecule has 6 rings (SSSR count). The Morgan fingerprint density at radius 1 is 1.25 bits per heavy atom. The summed E-state index contributed by atoms with van der Waals surface area (Å²) in [6.07, 6.45) is 3.99. The maximum absolute atomic E-state index is 12.7. The average Bonchev–Trinajstić information content (AvgIpc) is 3.04. The Labute approximate surface area is 163 Å². The monoisotopic (exact) mass is 394 g/mol. The van der Waals surface area contributed by atoms with Crippen LogP contribution in [0.4, 0.5) is 0 Å². The second-order valence-electron chi connectivity index (χ2n) is 7.48. The van der Waals surface area contributed by atoms with Gasteiger partial charge in [-0.1, -0.05) is 28.9 Å². The van der Waals surface area contributed by atoms with Crippen LogP contribution >= 0.6 is 11.6 Å². The lowest BCUT2D eigenvalue weighted by molar-refractivity contribution is 0.364. The highest BCUT2D eigenvalue weighted by Gasteiger charge is 2.58. The van der Waals surface area contributed by atoms with Crippen molar-refractivity contribution in [2.75, 3.05) is 0 Å². The Hall–Kier alpha value is -3.00. The summed E-state index contributed by atoms with van der Waals surface area (Å²) in [6.45, 7) is 0.185. The highest BCUT2D eigenvalue weighted by molar-refractivity contribution is 6.31. The number of imidazole rings is 1. The molecule has 2 aliphatic carbocycles. The molecule has 1 fully saturated rings. The van der Waals surface area contributed by atoms with E-state index in [1.165, 1.54) is 22.0 Å². The zero-order valence-electron chi connectivity index (χ0n) is 14.9. The third kappa shape index (κ3) is 2.15. The first-order valence-corrected chi connectivity index (χ1v) is 9.46. The molecular weight excluding hydrogens is 380 g/mol. The SMILES string of the molecule is Cn1cnc2ncn(Cc3nc([C@@H]4[C@@H]5Cc6c(Cl)cccc6[C@@H]54)no3)c(=O)c21. The van der Waals surface area contributed by atoms with Crippen molar-refractivity contribution >= 4 is 22.8 Å². The van der Waals surface area contributed by atoms with Crippen LogP contribution < -0.4 is 5.56 Å². The molecule has 3 heterocycles. The van der Waals surface area contributed by atoms with E-state index in [0.29, 0.717) is 34.7 Å². The summed E-state index contributed by atoms with van der Waals surface area (Å²) in [4.78, 5) is 25.5. The van der Waals surface area contributed by atoms with Crippen LogP contribution in [0.5, 0.6) is 0 Å². The molecule has 0 N–H and O–H groups in total. The van der Waals surface area contributed by atoms with Crippen molar-refractivity contribution < 1.29 is 4.52 Å². The fourth-order valence-corrected chi connectivity index (χ4v) is 4.80. The van der Waals surface area contributed by atoms with Crippen LogP contribution in [-0.4, -0.2) is 29.2 Å². The normalized spacial score (nSPS) is 22.4. The number of halogens is 1. The topological polar surface area (TPSA) is 91.6 Å². The van der Waals surface area contributed by atoms with Gasteiger partial charge in [-0.3, -0.25) is 9.36 Å². The average molecular weight is 395 g/mol. The molecule has 8 nitrogen and oxygen atoms in total. The molecule has 0 amide bonds. The van der Waals surface area contributed by atoms with Gasteiger partial charge in [0.15, 0.2) is 17.0 Å². The van der Waals surface area contributed by atoms with Gasteiger partial charge in [-0.25, -0.2) is 9.97 Å². The van der Waals surface area contributed by atoms with Crippen LogP contribution in [0.2, 0.25) is 5.02 Å². The number of benzene rings is 1. The number of aromatic nitrogens is 6. The van der Waals surface area contributed by atoms with E-state index in [1.54, 1.807) is 17.9 Å². The third-order valence-electron chi connectivity index (χ3n) is 5.91. The van der Waals surface area contributed by atoms with Gasteiger partial charge in [-0.15, -0.1) is 0 Å². The molecule has 0 bridgehead atoms. The summed E-state index contributed by atoms with van der Waals surface area (Å²) >= 11 is 6.31. The summed E-state index contributed by atoms with van der Waals surface area (Å²) in [5.74, 6) is 2.26. The molecule has 0 saturated heterocycles. The van der Waals surface area contributed by atoms with Crippen LogP contribution in [-0.2, 0) is 20.0 Å². The first kappa shape index (κ1) is 16.0. The van der Waals surface area contributed by atoms with Gasteiger partial charge < -0.3 is 9.09 Å². The van der Waals surface area contributed by atoms with Crippen molar-refractivity contribution in [2.45, 2.75) is 24.8 Å². The molecule has 0 unspecified atom stereocenters. The van der Waals surface area contributed by atoms with Crippen molar-refractivity contribution in [3.8, 4) is 0 Å². The molecule has 3 atom stereocenters. The molecule has 1 aromatic carbocycles. The van der Waals surface area contributed by atoms with Crippen molar-refractivity contribution in [3.05, 3.63) is 69.1 Å². The molecule has 28 heavy (non-hydrogen) atoms. The molecule has 3 aromatic heterocycles. The number of aryl methyl sites for hydroxylation is 1. The highest BCUT2D eigenvalue weighted by Crippen LogP contribution is 2.66. The molecule has 9 heteroatoms. The molecule has 1 saturated carbocycles. The van der Waals surface area contributed by atoms with Gasteiger partial charge in [0.1, 0.15) is 12.9 Å². The fraction of sp³-hybridized carbons (Fsp3) is 0.316. The maximum atomic E-state index is 12.7. The van der Waals surface area contributed by atoms with Gasteiger partial charge in [-0.2, -0.15) is 4.98 Å². The number of nitrogens with zero attached hydrogens (tertiary/aromatic N) is 6. The number of hydrogen-bond donors (Lipinski definition) is 0. The van der Waals surface area contributed by atoms with Crippen molar-refractivity contribution in [2.24, 2.45) is 13.0 Å². The minimum absolute atomic E-state index is 0.184. The van der Waals surface area contributed by atoms with E-state index >= 15 is 0 Å². The quantitative estimate of drug-likeness (QED) is 0.529. The molecule has 0 aliphatic heterocycles. The lowest BCUT2D eigenvalue weighted by atomic mass is 10.0. The smallest absolute Gasteiger partial charge is 0.280 e. The van der Waals surface area contributed by atoms with E-state index in [-0.39, 0.29) is 18.0 Å². The molecular formula is C19H15ClN6O2. The molecule has 4 aromatic rings. The lowest BCUT2D eigenvalue weighted by Crippen LogP contribution is -2.22. The Kier molecular flexibility index (Phi) is 3.15. The van der Waals surface area contributed by atoms with Crippen molar-refractivity contribution in [3.63, 3.8) is 0 Å². The fourth-order valence-electron chi connectivity index (χ4n) is 4.54. The van der Waals surface area contributed by atoms with Crippen molar-refractivity contribution in [1.29, 1.82) is 0 Å². The van der Waals surface area contributed by atoms with Crippen LogP contribution in [0.3, 0.4) is 0 Å². The van der Waals surface area contributed by atoms with Crippen molar-refractivity contribution in [1.82, 2.24) is 29.2 Å². The van der Waals surface area contributed by atoms with Crippen LogP contribution in [0.1, 0.15) is 34.7 Å². The van der Waals surface area contributed by atoms with Gasteiger partial charge in [0.05, 0.1) is 6.33 Å². The minimum atomic E-state index is -0.184. The molecule has 0 radical (unpaired) electrons. The molecule has 2 aliphatic rings. The minimum Gasteiger partial charge on any atom is -0.337 e. The van der Waals surface area contributed by atoms with Gasteiger partial charge in [0.2, 0.25) is 5.89 Å². The summed E-state index contributed by atoms with van der Waals surface area (Å²) in [5.41, 5.74) is 3.25. The van der Waals surface area contributed by atoms with Crippen LogP contribution in [0.25, 0.3) is 11.2 Å². The summed E-state index contributed by atoms with van der Waals surface area (Å²) < 4.78 is 8.55. The largest absolute Gasteiger partial charge is 0.337 e. The molecule has 140 valence electrons. The first-order chi connectivity index (χ1) is 13.6. The van der Waals surface area contributed by atoms with E-state index in [0.717, 1.165) is 11.4 Å². The third-order valence-corrected chi connectivity index (χ3v) is 6.26. The van der Waals surface area contributed by atoms with Crippen LogP contribution in [0, 0.1) is 5.92 Å². The zero-order chi connectivity index (χ0) is 19.0. The number of rotatable bonds is 3. The lowest BCUT2D eigenvalue weighted by Gasteiger charge is -2.06. The van der Waals surface area contributed by atoms with Crippen LogP contribution in [0.15, 0.2) is 40.2 Å². The Balaban J connectivity index is 1.28. The second kappa shape index (κ2) is 5.51. The van der Waals surface area contributed by atoms with Gasteiger partial charge >= 0.3 is 0 Å². The van der Waals surface area contributed by atoms with E-state index < -0.39 is 0 Å². The van der Waals surface area contributed by atoms with E-state index in [4.69, 9.17) is 16.1 Å². The predicted octanol–water partition coefficient (Wildman–Crippen LogP) is 2.27. The summed E-state index contributed by atoms with van der Waals surface area (Å²) in [7, 11) is 1.77. The summed E-state index contributed by atoms with van der Waals surface area (Å²) in [5, 5.41) is 5.02. The zero-order valence-corrected chi connectivity index (χ0v) is 15.7. The molecule has 0 spiro atoms. The Morgan fingerprint density at radius 2 is 2.11 bits per heavy atom. The summed E-state index contributed by atoms with van der Waals surface area (Å²) in [6, 6.07) is 6.08. The van der Waals surface area contributed by atoms with E-state index in [2.05, 4.69) is 26.2 Å². The number of fused-ring (bicyclic) bond motifs is 4. The second-order valence-corrected chi connectivity index (χ2v) is 7.89.